The summed E-state index contributed by atoms with van der Waals surface area (Å²) in [5, 5.41) is 0. The first kappa shape index (κ1) is 70.4. The normalized spacial score (nSPS) is 12.3. The maximum absolute atomic E-state index is 12.9. The van der Waals surface area contributed by atoms with Crippen LogP contribution < -0.4 is 0 Å². The Morgan fingerprint density at radius 3 is 0.836 bits per heavy atom. The topological polar surface area (TPSA) is 78.9 Å². The molecule has 1 atom stereocenters. The minimum absolute atomic E-state index is 0.0819. The van der Waals surface area contributed by atoms with Gasteiger partial charge in [0.05, 0.1) is 0 Å². The lowest BCUT2D eigenvalue weighted by Crippen LogP contribution is -2.30. The van der Waals surface area contributed by atoms with Gasteiger partial charge < -0.3 is 14.2 Å². The van der Waals surface area contributed by atoms with E-state index in [1.54, 1.807) is 0 Å². The van der Waals surface area contributed by atoms with Crippen molar-refractivity contribution in [2.75, 3.05) is 13.2 Å². The highest BCUT2D eigenvalue weighted by molar-refractivity contribution is 5.71. The molecule has 0 saturated carbocycles. The van der Waals surface area contributed by atoms with Gasteiger partial charge in [-0.1, -0.05) is 288 Å². The van der Waals surface area contributed by atoms with Crippen molar-refractivity contribution >= 4 is 17.9 Å². The second-order valence-electron chi connectivity index (χ2n) is 21.7. The van der Waals surface area contributed by atoms with Gasteiger partial charge in [-0.05, 0) is 83.5 Å². The molecular weight excluding hydrogens is 901 g/mol. The van der Waals surface area contributed by atoms with Gasteiger partial charge in [-0.15, -0.1) is 0 Å². The molecule has 0 spiro atoms. The van der Waals surface area contributed by atoms with E-state index in [4.69, 9.17) is 14.2 Å². The van der Waals surface area contributed by atoms with Crippen LogP contribution in [0.4, 0.5) is 0 Å². The largest absolute Gasteiger partial charge is 0.462 e. The van der Waals surface area contributed by atoms with E-state index in [0.29, 0.717) is 19.3 Å². The van der Waals surface area contributed by atoms with Gasteiger partial charge in [-0.25, -0.2) is 0 Å². The number of ether oxygens (including phenoxy) is 3. The Morgan fingerprint density at radius 2 is 0.493 bits per heavy atom. The highest BCUT2D eigenvalue weighted by Gasteiger charge is 2.19. The predicted octanol–water partition coefficient (Wildman–Crippen LogP) is 21.8. The molecule has 6 heteroatoms. The Balaban J connectivity index is 4.35. The van der Waals surface area contributed by atoms with Gasteiger partial charge in [0.15, 0.2) is 6.10 Å². The van der Waals surface area contributed by atoms with Crippen LogP contribution in [0.3, 0.4) is 0 Å². The monoisotopic (exact) mass is 1020 g/mol. The van der Waals surface area contributed by atoms with E-state index in [-0.39, 0.29) is 31.1 Å². The van der Waals surface area contributed by atoms with Gasteiger partial charge in [-0.2, -0.15) is 0 Å². The molecule has 0 aliphatic heterocycles. The second kappa shape index (κ2) is 61.9. The van der Waals surface area contributed by atoms with Crippen molar-refractivity contribution in [3.05, 3.63) is 48.6 Å². The number of allylic oxidation sites excluding steroid dienone is 8. The van der Waals surface area contributed by atoms with Crippen LogP contribution in [-0.4, -0.2) is 37.2 Å². The summed E-state index contributed by atoms with van der Waals surface area (Å²) in [6.45, 7) is 6.63. The Kier molecular flexibility index (Phi) is 59.7. The molecular formula is C67H122O6. The first-order valence-corrected chi connectivity index (χ1v) is 32.1. The quantitative estimate of drug-likeness (QED) is 0.0261. The third-order valence-corrected chi connectivity index (χ3v) is 14.3. The summed E-state index contributed by atoms with van der Waals surface area (Å²) in [5.41, 5.74) is 0. The SMILES string of the molecule is CCCCC/C=C\C/C=C\C/C=C\CCCCC(=O)OC[C@H](COC(=O)CCCCCCCCCCCCC/C=C\CCCCCCCC)OC(=O)CCCCCCCCCCCCCCCCCCCCC. The molecule has 0 aromatic rings. The summed E-state index contributed by atoms with van der Waals surface area (Å²) in [5.74, 6) is -0.901. The van der Waals surface area contributed by atoms with E-state index in [1.165, 1.54) is 231 Å². The van der Waals surface area contributed by atoms with Crippen molar-refractivity contribution in [1.29, 1.82) is 0 Å². The molecule has 0 N–H and O–H groups in total. The summed E-state index contributed by atoms with van der Waals surface area (Å²) in [6, 6.07) is 0. The molecule has 0 heterocycles. The highest BCUT2D eigenvalue weighted by atomic mass is 16.6. The van der Waals surface area contributed by atoms with E-state index in [2.05, 4.69) is 69.4 Å². The van der Waals surface area contributed by atoms with E-state index < -0.39 is 6.10 Å². The fourth-order valence-corrected chi connectivity index (χ4v) is 9.45. The van der Waals surface area contributed by atoms with Gasteiger partial charge in [-0.3, -0.25) is 14.4 Å². The number of unbranched alkanes of at least 4 members (excludes halogenated alkanes) is 40. The average Bonchev–Trinajstić information content (AvgIpc) is 3.39. The fraction of sp³-hybridized carbons (Fsp3) is 0.836. The van der Waals surface area contributed by atoms with Gasteiger partial charge in [0.2, 0.25) is 0 Å². The average molecular weight is 1020 g/mol. The van der Waals surface area contributed by atoms with Crippen molar-refractivity contribution in [2.24, 2.45) is 0 Å². The summed E-state index contributed by atoms with van der Waals surface area (Å²) < 4.78 is 16.9. The number of hydrogen-bond donors (Lipinski definition) is 0. The van der Waals surface area contributed by atoms with Crippen LogP contribution in [0, 0.1) is 0 Å². The summed E-state index contributed by atoms with van der Waals surface area (Å²) in [6.07, 6.45) is 76.9. The number of esters is 3. The number of rotatable bonds is 59. The molecule has 73 heavy (non-hydrogen) atoms. The smallest absolute Gasteiger partial charge is 0.306 e. The predicted molar refractivity (Wildman–Crippen MR) is 316 cm³/mol. The third kappa shape index (κ3) is 60.1. The summed E-state index contributed by atoms with van der Waals surface area (Å²) in [4.78, 5) is 38.3. The van der Waals surface area contributed by atoms with E-state index in [9.17, 15) is 14.4 Å². The van der Waals surface area contributed by atoms with Crippen molar-refractivity contribution in [3.8, 4) is 0 Å². The van der Waals surface area contributed by atoms with Crippen molar-refractivity contribution in [3.63, 3.8) is 0 Å². The zero-order valence-corrected chi connectivity index (χ0v) is 48.9. The van der Waals surface area contributed by atoms with Crippen molar-refractivity contribution in [1.82, 2.24) is 0 Å². The highest BCUT2D eigenvalue weighted by Crippen LogP contribution is 2.17. The van der Waals surface area contributed by atoms with E-state index >= 15 is 0 Å². The molecule has 0 bridgehead atoms. The maximum atomic E-state index is 12.9. The number of hydrogen-bond acceptors (Lipinski definition) is 6. The molecule has 426 valence electrons. The molecule has 0 aliphatic carbocycles. The molecule has 0 saturated heterocycles. The Labute approximate surface area is 454 Å². The van der Waals surface area contributed by atoms with E-state index in [0.717, 1.165) is 70.6 Å². The Hall–Kier alpha value is -2.63. The van der Waals surface area contributed by atoms with Crippen molar-refractivity contribution < 1.29 is 28.6 Å². The standard InChI is InChI=1S/C67H122O6/c1-4-7-10-13-16-19-22-25-28-30-32-33-35-36-39-42-45-48-51-54-57-60-66(69)72-63-64(62-71-65(68)59-56-53-50-47-44-41-38-27-24-21-18-15-12-9-6-3)73-67(70)61-58-55-52-49-46-43-40-37-34-31-29-26-23-20-17-14-11-8-5-2/h18,21,25,27-28,38,44,47,64H,4-17,19-20,22-24,26,29-37,39-43,45-46,48-63H2,1-3H3/b21-18-,28-25-,38-27-,47-44-/t64-/m1/s1. The zero-order valence-electron chi connectivity index (χ0n) is 48.9. The van der Waals surface area contributed by atoms with Crippen LogP contribution in [-0.2, 0) is 28.6 Å². The first-order chi connectivity index (χ1) is 36.0. The van der Waals surface area contributed by atoms with Gasteiger partial charge in [0.1, 0.15) is 13.2 Å². The van der Waals surface area contributed by atoms with Gasteiger partial charge in [0.25, 0.3) is 0 Å². The molecule has 0 aromatic carbocycles. The van der Waals surface area contributed by atoms with Crippen LogP contribution in [0.1, 0.15) is 342 Å². The molecule has 6 nitrogen and oxygen atoms in total. The third-order valence-electron chi connectivity index (χ3n) is 14.3. The Bertz CT molecular complexity index is 1270. The molecule has 0 rings (SSSR count). The first-order valence-electron chi connectivity index (χ1n) is 32.1. The van der Waals surface area contributed by atoms with Crippen LogP contribution in [0.15, 0.2) is 48.6 Å². The molecule has 0 amide bonds. The summed E-state index contributed by atoms with van der Waals surface area (Å²) in [7, 11) is 0. The fourth-order valence-electron chi connectivity index (χ4n) is 9.45. The minimum atomic E-state index is -0.787. The molecule has 0 fully saturated rings. The lowest BCUT2D eigenvalue weighted by atomic mass is 10.0. The minimum Gasteiger partial charge on any atom is -0.462 e. The van der Waals surface area contributed by atoms with Gasteiger partial charge >= 0.3 is 17.9 Å². The number of carbonyl (C=O) groups is 3. The Morgan fingerprint density at radius 1 is 0.274 bits per heavy atom. The summed E-state index contributed by atoms with van der Waals surface area (Å²) >= 11 is 0. The van der Waals surface area contributed by atoms with Crippen LogP contribution in [0.5, 0.6) is 0 Å². The lowest BCUT2D eigenvalue weighted by Gasteiger charge is -2.18. The molecule has 0 aromatic heterocycles. The van der Waals surface area contributed by atoms with Gasteiger partial charge in [0, 0.05) is 19.3 Å². The van der Waals surface area contributed by atoms with Crippen LogP contribution in [0.25, 0.3) is 0 Å². The zero-order chi connectivity index (χ0) is 52.9. The molecule has 0 radical (unpaired) electrons. The molecule has 0 aliphatic rings. The van der Waals surface area contributed by atoms with Crippen molar-refractivity contribution in [2.45, 2.75) is 348 Å². The van der Waals surface area contributed by atoms with E-state index in [1.807, 2.05) is 0 Å². The maximum Gasteiger partial charge on any atom is 0.306 e. The second-order valence-corrected chi connectivity index (χ2v) is 21.7. The number of carbonyl (C=O) groups excluding carboxylic acids is 3. The van der Waals surface area contributed by atoms with Crippen LogP contribution in [0.2, 0.25) is 0 Å². The van der Waals surface area contributed by atoms with Crippen LogP contribution >= 0.6 is 0 Å². The lowest BCUT2D eigenvalue weighted by molar-refractivity contribution is -0.167. The molecule has 0 unspecified atom stereocenters.